The minimum Gasteiger partial charge on any atom is -0.350 e. The minimum atomic E-state index is -0.463. The molecule has 1 aliphatic carbocycles. The van der Waals surface area contributed by atoms with Gasteiger partial charge in [0.05, 0.1) is 0 Å². The van der Waals surface area contributed by atoms with E-state index < -0.39 is 11.1 Å². The van der Waals surface area contributed by atoms with Gasteiger partial charge in [-0.1, -0.05) is 6.08 Å². The number of hydrogen-bond acceptors (Lipinski definition) is 2. The Morgan fingerprint density at radius 2 is 1.71 bits per heavy atom. The predicted molar refractivity (Wildman–Crippen MR) is 81.4 cm³/mol. The molecule has 1 aliphatic heterocycles. The van der Waals surface area contributed by atoms with Crippen LogP contribution in [0.1, 0.15) is 40.5 Å². The lowest BCUT2D eigenvalue weighted by atomic mass is 9.79. The Bertz CT molecular complexity index is 391. The minimum absolute atomic E-state index is 0.0250. The molecule has 0 aromatic carbocycles. The van der Waals surface area contributed by atoms with Gasteiger partial charge in [0.2, 0.25) is 5.91 Å². The third kappa shape index (κ3) is 4.07. The first kappa shape index (κ1) is 16.5. The number of allylic oxidation sites excluding steroid dienone is 1. The van der Waals surface area contributed by atoms with Crippen molar-refractivity contribution in [3.63, 3.8) is 0 Å². The lowest BCUT2D eigenvalue weighted by Crippen LogP contribution is -2.62. The molecule has 0 spiro atoms. The molecule has 0 bridgehead atoms. The van der Waals surface area contributed by atoms with E-state index in [4.69, 9.17) is 0 Å². The Morgan fingerprint density at radius 1 is 1.19 bits per heavy atom. The van der Waals surface area contributed by atoms with E-state index in [0.717, 1.165) is 5.92 Å². The molecule has 2 fully saturated rings. The molecule has 0 aromatic heterocycles. The third-order valence-corrected chi connectivity index (χ3v) is 4.05. The van der Waals surface area contributed by atoms with E-state index in [1.165, 1.54) is 5.06 Å². The summed E-state index contributed by atoms with van der Waals surface area (Å²) in [6, 6.07) is 0.0250. The first-order chi connectivity index (χ1) is 9.71. The maximum absolute atomic E-state index is 12.3. The SMILES string of the molecule is CC1(C)CC(NC(=O)/C=C/[C]2[CH][CH][CH][CH]2)CC(C)(C)N1[O]. The van der Waals surface area contributed by atoms with Gasteiger partial charge in [-0.05, 0) is 72.3 Å². The van der Waals surface area contributed by atoms with E-state index in [0.29, 0.717) is 12.8 Å². The second kappa shape index (κ2) is 6.09. The van der Waals surface area contributed by atoms with Crippen LogP contribution in [0.25, 0.3) is 0 Å². The van der Waals surface area contributed by atoms with Gasteiger partial charge in [-0.15, -0.1) is 10.3 Å². The molecule has 2 aliphatic rings. The van der Waals surface area contributed by atoms with Crippen molar-refractivity contribution in [2.45, 2.75) is 57.7 Å². The molecule has 0 atom stereocenters. The molecule has 0 unspecified atom stereocenters. The fourth-order valence-corrected chi connectivity index (χ4v) is 3.29. The van der Waals surface area contributed by atoms with Gasteiger partial charge in [-0.25, -0.2) is 0 Å². The fraction of sp³-hybridized carbons (Fsp3) is 0.529. The van der Waals surface area contributed by atoms with Crippen molar-refractivity contribution >= 4 is 5.91 Å². The molecule has 1 saturated heterocycles. The maximum atomic E-state index is 12.3. The van der Waals surface area contributed by atoms with Crippen molar-refractivity contribution in [2.24, 2.45) is 0 Å². The predicted octanol–water partition coefficient (Wildman–Crippen LogP) is 2.43. The molecule has 4 nitrogen and oxygen atoms in total. The molecule has 2 rings (SSSR count). The van der Waals surface area contributed by atoms with Crippen LogP contribution in [0.2, 0.25) is 0 Å². The summed E-state index contributed by atoms with van der Waals surface area (Å²) in [5, 5.41) is 16.5. The van der Waals surface area contributed by atoms with Gasteiger partial charge in [0.25, 0.3) is 0 Å². The van der Waals surface area contributed by atoms with Gasteiger partial charge in [0.1, 0.15) is 0 Å². The highest BCUT2D eigenvalue weighted by molar-refractivity contribution is 5.88. The molecule has 114 valence electrons. The van der Waals surface area contributed by atoms with Gasteiger partial charge in [-0.2, -0.15) is 0 Å². The monoisotopic (exact) mass is 288 g/mol. The van der Waals surface area contributed by atoms with Crippen LogP contribution < -0.4 is 5.32 Å². The van der Waals surface area contributed by atoms with Crippen molar-refractivity contribution in [1.82, 2.24) is 10.4 Å². The maximum Gasteiger partial charge on any atom is 0.243 e. The average molecular weight is 288 g/mol. The van der Waals surface area contributed by atoms with Gasteiger partial charge >= 0.3 is 0 Å². The highest BCUT2D eigenvalue weighted by atomic mass is 16.5. The largest absolute Gasteiger partial charge is 0.350 e. The molecule has 4 heteroatoms. The van der Waals surface area contributed by atoms with Crippen LogP contribution in [0.15, 0.2) is 12.2 Å². The summed E-state index contributed by atoms with van der Waals surface area (Å²) in [4.78, 5) is 12.0. The average Bonchev–Trinajstić information content (AvgIpc) is 2.86. The second-order valence-electron chi connectivity index (χ2n) is 7.08. The summed E-state index contributed by atoms with van der Waals surface area (Å²) in [6.07, 6.45) is 12.5. The number of hydrogen-bond donors (Lipinski definition) is 1. The van der Waals surface area contributed by atoms with Crippen molar-refractivity contribution in [1.29, 1.82) is 0 Å². The number of carbonyl (C=O) groups excluding carboxylic acids is 1. The van der Waals surface area contributed by atoms with Crippen molar-refractivity contribution in [2.75, 3.05) is 0 Å². The van der Waals surface area contributed by atoms with E-state index >= 15 is 0 Å². The Hall–Kier alpha value is -0.870. The third-order valence-electron chi connectivity index (χ3n) is 4.05. The first-order valence-corrected chi connectivity index (χ1v) is 7.38. The number of nitrogens with one attached hydrogen (secondary N) is 1. The lowest BCUT2D eigenvalue weighted by molar-refractivity contribution is -0.289. The Balaban J connectivity index is 1.91. The van der Waals surface area contributed by atoms with Crippen molar-refractivity contribution < 1.29 is 10.0 Å². The summed E-state index contributed by atoms with van der Waals surface area (Å²) < 4.78 is 0. The number of hydroxylamine groups is 2. The van der Waals surface area contributed by atoms with E-state index in [9.17, 15) is 10.0 Å². The highest BCUT2D eigenvalue weighted by Gasteiger charge is 2.46. The van der Waals surface area contributed by atoms with Crippen molar-refractivity contribution in [3.05, 3.63) is 43.8 Å². The van der Waals surface area contributed by atoms with Crippen LogP contribution in [0.5, 0.6) is 0 Å². The van der Waals surface area contributed by atoms with Crippen LogP contribution in [-0.4, -0.2) is 28.1 Å². The van der Waals surface area contributed by atoms with Gasteiger partial charge < -0.3 is 5.32 Å². The van der Waals surface area contributed by atoms with E-state index in [-0.39, 0.29) is 11.9 Å². The molecule has 1 saturated carbocycles. The zero-order valence-electron chi connectivity index (χ0n) is 13.2. The molecule has 0 aromatic rings. The number of rotatable bonds is 3. The second-order valence-corrected chi connectivity index (χ2v) is 7.08. The molecule has 1 heterocycles. The molecular weight excluding hydrogens is 264 g/mol. The number of carbonyl (C=O) groups is 1. The number of amides is 1. The van der Waals surface area contributed by atoms with Crippen LogP contribution >= 0.6 is 0 Å². The van der Waals surface area contributed by atoms with Crippen LogP contribution in [0.3, 0.4) is 0 Å². The Morgan fingerprint density at radius 3 is 2.24 bits per heavy atom. The highest BCUT2D eigenvalue weighted by Crippen LogP contribution is 2.36. The van der Waals surface area contributed by atoms with Gasteiger partial charge in [0, 0.05) is 23.0 Å². The summed E-state index contributed by atoms with van der Waals surface area (Å²) in [6.45, 7) is 7.72. The van der Waals surface area contributed by atoms with Gasteiger partial charge in [-0.3, -0.25) is 4.79 Å². The zero-order chi connectivity index (χ0) is 15.7. The normalized spacial score (nSPS) is 27.3. The summed E-state index contributed by atoms with van der Waals surface area (Å²) >= 11 is 0. The van der Waals surface area contributed by atoms with Crippen LogP contribution in [0.4, 0.5) is 0 Å². The Kier molecular flexibility index (Phi) is 4.79. The van der Waals surface area contributed by atoms with Crippen LogP contribution in [0, 0.1) is 31.6 Å². The van der Waals surface area contributed by atoms with Crippen molar-refractivity contribution in [3.8, 4) is 0 Å². The Labute approximate surface area is 128 Å². The molecule has 1 N–H and O–H groups in total. The summed E-state index contributed by atoms with van der Waals surface area (Å²) in [7, 11) is 0. The number of piperidine rings is 1. The van der Waals surface area contributed by atoms with E-state index in [2.05, 4.69) is 5.32 Å². The summed E-state index contributed by atoms with van der Waals surface area (Å²) in [5.41, 5.74) is -0.926. The molecule has 21 heavy (non-hydrogen) atoms. The standard InChI is InChI=1S/C17H24N2O2/c1-16(2)11-14(12-17(3,4)19(16)21)18-15(20)10-9-13-7-5-6-8-13/h5-10,14H,11-12H2,1-4H3,(H,18,20)/b10-9+. The molecular formula is C17H24N2O2. The topological polar surface area (TPSA) is 52.2 Å². The number of nitrogens with zero attached hydrogens (tertiary/aromatic N) is 1. The summed E-state index contributed by atoms with van der Waals surface area (Å²) in [5.74, 6) is 0.910. The van der Waals surface area contributed by atoms with Crippen LogP contribution in [-0.2, 0) is 10.0 Å². The molecule has 6 radical (unpaired) electrons. The smallest absolute Gasteiger partial charge is 0.243 e. The van der Waals surface area contributed by atoms with Gasteiger partial charge in [0.15, 0.2) is 0 Å². The molecule has 1 amide bonds. The van der Waals surface area contributed by atoms with E-state index in [1.807, 2.05) is 53.4 Å². The fourth-order valence-electron chi connectivity index (χ4n) is 3.29. The van der Waals surface area contributed by atoms with E-state index in [1.54, 1.807) is 12.2 Å². The first-order valence-electron chi connectivity index (χ1n) is 7.38. The lowest BCUT2D eigenvalue weighted by Gasteiger charge is -2.49. The zero-order valence-corrected chi connectivity index (χ0v) is 13.2. The quantitative estimate of drug-likeness (QED) is 0.811.